The highest BCUT2D eigenvalue weighted by Gasteiger charge is 2.32. The summed E-state index contributed by atoms with van der Waals surface area (Å²) in [5.74, 6) is 0.951. The van der Waals surface area contributed by atoms with Crippen LogP contribution in [0.3, 0.4) is 0 Å². The minimum absolute atomic E-state index is 0.187. The molecule has 1 saturated heterocycles. The normalized spacial score (nSPS) is 20.6. The molecule has 2 atom stereocenters. The molecule has 0 aliphatic carbocycles. The standard InChI is InChI=1S/C18H30N2O3/c1-14(16-10-8-12-22-16)19(5)13-15-9-6-7-11-20(15)17(21)23-18(2,3)4/h8,10,12,14-15H,6-7,9,11,13H2,1-5H3/t14-,15+/m1/s1. The number of nitrogens with zero attached hydrogens (tertiary/aromatic N) is 2. The fourth-order valence-electron chi connectivity index (χ4n) is 2.99. The molecule has 5 heteroatoms. The van der Waals surface area contributed by atoms with Crippen molar-refractivity contribution >= 4 is 6.09 Å². The van der Waals surface area contributed by atoms with E-state index in [0.29, 0.717) is 0 Å². The number of piperidine rings is 1. The molecule has 2 rings (SSSR count). The van der Waals surface area contributed by atoms with Gasteiger partial charge in [-0.2, -0.15) is 0 Å². The summed E-state index contributed by atoms with van der Waals surface area (Å²) in [6, 6.07) is 4.29. The summed E-state index contributed by atoms with van der Waals surface area (Å²) in [4.78, 5) is 16.6. The van der Waals surface area contributed by atoms with Gasteiger partial charge in [0.1, 0.15) is 11.4 Å². The van der Waals surface area contributed by atoms with Crippen molar-refractivity contribution in [1.29, 1.82) is 0 Å². The van der Waals surface area contributed by atoms with Crippen molar-refractivity contribution in [3.05, 3.63) is 24.2 Å². The average molecular weight is 322 g/mol. The molecule has 1 aliphatic heterocycles. The molecule has 0 unspecified atom stereocenters. The molecule has 0 N–H and O–H groups in total. The van der Waals surface area contributed by atoms with E-state index in [1.165, 1.54) is 0 Å². The fraction of sp³-hybridized carbons (Fsp3) is 0.722. The average Bonchev–Trinajstić information content (AvgIpc) is 2.99. The molecule has 0 saturated carbocycles. The summed E-state index contributed by atoms with van der Waals surface area (Å²) in [7, 11) is 2.08. The highest BCUT2D eigenvalue weighted by molar-refractivity contribution is 5.68. The summed E-state index contributed by atoms with van der Waals surface area (Å²) >= 11 is 0. The first-order chi connectivity index (χ1) is 10.8. The van der Waals surface area contributed by atoms with Crippen LogP contribution in [0, 0.1) is 0 Å². The summed E-state index contributed by atoms with van der Waals surface area (Å²) in [6.45, 7) is 9.46. The van der Waals surface area contributed by atoms with Crippen molar-refractivity contribution in [3.8, 4) is 0 Å². The van der Waals surface area contributed by atoms with Gasteiger partial charge in [-0.05, 0) is 66.1 Å². The van der Waals surface area contributed by atoms with E-state index in [4.69, 9.17) is 9.15 Å². The third-order valence-electron chi connectivity index (χ3n) is 4.37. The number of amides is 1. The zero-order valence-electron chi connectivity index (χ0n) is 15.0. The molecule has 2 heterocycles. The van der Waals surface area contributed by atoms with Gasteiger partial charge in [0.15, 0.2) is 0 Å². The van der Waals surface area contributed by atoms with Crippen molar-refractivity contribution < 1.29 is 13.9 Å². The Bertz CT molecular complexity index is 493. The zero-order valence-corrected chi connectivity index (χ0v) is 15.0. The maximum atomic E-state index is 12.5. The molecule has 0 spiro atoms. The molecule has 0 radical (unpaired) electrons. The van der Waals surface area contributed by atoms with Gasteiger partial charge in [-0.25, -0.2) is 4.79 Å². The van der Waals surface area contributed by atoms with E-state index in [0.717, 1.165) is 38.1 Å². The second-order valence-corrected chi connectivity index (χ2v) is 7.45. The van der Waals surface area contributed by atoms with Crippen LogP contribution in [0.2, 0.25) is 0 Å². The van der Waals surface area contributed by atoms with Crippen LogP contribution in [0.1, 0.15) is 58.8 Å². The van der Waals surface area contributed by atoms with E-state index in [9.17, 15) is 4.79 Å². The maximum absolute atomic E-state index is 12.5. The van der Waals surface area contributed by atoms with Gasteiger partial charge in [0, 0.05) is 19.1 Å². The van der Waals surface area contributed by atoms with Gasteiger partial charge >= 0.3 is 6.09 Å². The monoisotopic (exact) mass is 322 g/mol. The number of furan rings is 1. The molecule has 1 aromatic rings. The Kier molecular flexibility index (Phi) is 5.74. The van der Waals surface area contributed by atoms with Crippen LogP contribution in [0.15, 0.2) is 22.8 Å². The van der Waals surface area contributed by atoms with Crippen molar-refractivity contribution in [2.24, 2.45) is 0 Å². The van der Waals surface area contributed by atoms with Gasteiger partial charge in [-0.1, -0.05) is 0 Å². The number of ether oxygens (including phenoxy) is 1. The van der Waals surface area contributed by atoms with Crippen molar-refractivity contribution in [2.45, 2.75) is 64.6 Å². The minimum Gasteiger partial charge on any atom is -0.468 e. The lowest BCUT2D eigenvalue weighted by Crippen LogP contribution is -2.50. The third kappa shape index (κ3) is 4.99. The van der Waals surface area contributed by atoms with Crippen LogP contribution in [0.5, 0.6) is 0 Å². The Labute approximate surface area is 139 Å². The number of carbonyl (C=O) groups excluding carboxylic acids is 1. The van der Waals surface area contributed by atoms with E-state index in [2.05, 4.69) is 18.9 Å². The molecule has 23 heavy (non-hydrogen) atoms. The van der Waals surface area contributed by atoms with Crippen LogP contribution < -0.4 is 0 Å². The van der Waals surface area contributed by atoms with Crippen molar-refractivity contribution in [2.75, 3.05) is 20.1 Å². The van der Waals surface area contributed by atoms with Crippen LogP contribution in [0.25, 0.3) is 0 Å². The molecule has 130 valence electrons. The molecule has 0 aromatic carbocycles. The molecular formula is C18H30N2O3. The zero-order chi connectivity index (χ0) is 17.0. The molecule has 5 nitrogen and oxygen atoms in total. The van der Waals surface area contributed by atoms with E-state index >= 15 is 0 Å². The highest BCUT2D eigenvalue weighted by atomic mass is 16.6. The Balaban J connectivity index is 1.99. The van der Waals surface area contributed by atoms with E-state index in [1.807, 2.05) is 37.8 Å². The highest BCUT2D eigenvalue weighted by Crippen LogP contribution is 2.24. The molecule has 1 amide bonds. The van der Waals surface area contributed by atoms with Gasteiger partial charge < -0.3 is 14.1 Å². The number of hydrogen-bond donors (Lipinski definition) is 0. The Morgan fingerprint density at radius 3 is 2.83 bits per heavy atom. The second-order valence-electron chi connectivity index (χ2n) is 7.45. The smallest absolute Gasteiger partial charge is 0.410 e. The summed E-state index contributed by atoms with van der Waals surface area (Å²) in [5.41, 5.74) is -0.452. The summed E-state index contributed by atoms with van der Waals surface area (Å²) in [6.07, 6.45) is 4.74. The van der Waals surface area contributed by atoms with Crippen LogP contribution in [-0.4, -0.2) is 47.7 Å². The lowest BCUT2D eigenvalue weighted by atomic mass is 10.0. The van der Waals surface area contributed by atoms with Gasteiger partial charge in [0.2, 0.25) is 0 Å². The Hall–Kier alpha value is -1.49. The number of hydrogen-bond acceptors (Lipinski definition) is 4. The fourth-order valence-corrected chi connectivity index (χ4v) is 2.99. The van der Waals surface area contributed by atoms with Crippen molar-refractivity contribution in [1.82, 2.24) is 9.80 Å². The van der Waals surface area contributed by atoms with Gasteiger partial charge in [-0.15, -0.1) is 0 Å². The molecule has 1 aliphatic rings. The quantitative estimate of drug-likeness (QED) is 0.838. The first-order valence-corrected chi connectivity index (χ1v) is 8.51. The molecule has 1 aromatic heterocycles. The van der Waals surface area contributed by atoms with Gasteiger partial charge in [-0.3, -0.25) is 4.90 Å². The first-order valence-electron chi connectivity index (χ1n) is 8.51. The summed E-state index contributed by atoms with van der Waals surface area (Å²) < 4.78 is 11.1. The van der Waals surface area contributed by atoms with Crippen LogP contribution in [0.4, 0.5) is 4.79 Å². The second kappa shape index (κ2) is 7.39. The molecular weight excluding hydrogens is 292 g/mol. The topological polar surface area (TPSA) is 45.9 Å². The summed E-state index contributed by atoms with van der Waals surface area (Å²) in [5, 5.41) is 0. The largest absolute Gasteiger partial charge is 0.468 e. The number of likely N-dealkylation sites (N-methyl/N-ethyl adjacent to an activating group) is 1. The van der Waals surface area contributed by atoms with Crippen LogP contribution in [-0.2, 0) is 4.74 Å². The minimum atomic E-state index is -0.452. The van der Waals surface area contributed by atoms with Gasteiger partial charge in [0.05, 0.1) is 12.3 Å². The number of carbonyl (C=O) groups is 1. The Morgan fingerprint density at radius 1 is 1.48 bits per heavy atom. The lowest BCUT2D eigenvalue weighted by molar-refractivity contribution is 0.00430. The van der Waals surface area contributed by atoms with Gasteiger partial charge in [0.25, 0.3) is 0 Å². The predicted octanol–water partition coefficient (Wildman–Crippen LogP) is 4.06. The van der Waals surface area contributed by atoms with Crippen molar-refractivity contribution in [3.63, 3.8) is 0 Å². The van der Waals surface area contributed by atoms with E-state index in [1.54, 1.807) is 6.26 Å². The number of rotatable bonds is 4. The Morgan fingerprint density at radius 2 is 2.22 bits per heavy atom. The molecule has 0 bridgehead atoms. The lowest BCUT2D eigenvalue weighted by Gasteiger charge is -2.39. The molecule has 1 fully saturated rings. The third-order valence-corrected chi connectivity index (χ3v) is 4.37. The SMILES string of the molecule is C[C@H](c1ccco1)N(C)C[C@@H]1CCCCN1C(=O)OC(C)(C)C. The predicted molar refractivity (Wildman–Crippen MR) is 90.3 cm³/mol. The maximum Gasteiger partial charge on any atom is 0.410 e. The van der Waals surface area contributed by atoms with E-state index in [-0.39, 0.29) is 18.2 Å². The number of likely N-dealkylation sites (tertiary alicyclic amines) is 1. The first kappa shape index (κ1) is 17.9. The van der Waals surface area contributed by atoms with Crippen LogP contribution >= 0.6 is 0 Å². The van der Waals surface area contributed by atoms with E-state index < -0.39 is 5.60 Å².